The normalized spacial score (nSPS) is 11.3. The van der Waals surface area contributed by atoms with E-state index >= 15 is 0 Å². The van der Waals surface area contributed by atoms with Crippen LogP contribution in [0.2, 0.25) is 0 Å². The molecule has 3 heteroatoms. The van der Waals surface area contributed by atoms with Crippen molar-refractivity contribution in [2.75, 3.05) is 0 Å². The number of furan rings is 1. The smallest absolute Gasteiger partial charge is 0.171 e. The van der Waals surface area contributed by atoms with Gasteiger partial charge in [0.05, 0.1) is 3.57 Å². The number of fused-ring (bicyclic) bond motifs is 3. The lowest BCUT2D eigenvalue weighted by Crippen LogP contribution is -1.72. The molecule has 0 saturated carbocycles. The number of halogens is 2. The summed E-state index contributed by atoms with van der Waals surface area (Å²) >= 11 is 2.19. The van der Waals surface area contributed by atoms with Crippen molar-refractivity contribution in [1.29, 1.82) is 0 Å². The average molecular weight is 312 g/mol. The molecule has 0 spiro atoms. The maximum absolute atomic E-state index is 13.5. The Balaban J connectivity index is 2.63. The van der Waals surface area contributed by atoms with Crippen LogP contribution in [-0.2, 0) is 0 Å². The summed E-state index contributed by atoms with van der Waals surface area (Å²) in [5, 5.41) is 1.81. The summed E-state index contributed by atoms with van der Waals surface area (Å²) in [5.74, 6) is -0.306. The molecule has 3 aromatic rings. The van der Waals surface area contributed by atoms with Crippen molar-refractivity contribution < 1.29 is 8.81 Å². The second kappa shape index (κ2) is 3.20. The zero-order valence-corrected chi connectivity index (χ0v) is 9.79. The molecule has 0 aliphatic carbocycles. The standard InChI is InChI=1S/C12H6FIO/c13-9-5-1-3-7-8-4-2-6-10(14)12(8)15-11(7)9/h1-6H. The number of hydrogen-bond acceptors (Lipinski definition) is 1. The van der Waals surface area contributed by atoms with E-state index in [0.717, 1.165) is 19.9 Å². The van der Waals surface area contributed by atoms with Gasteiger partial charge in [-0.15, -0.1) is 0 Å². The Morgan fingerprint density at radius 3 is 2.40 bits per heavy atom. The molecule has 0 bridgehead atoms. The van der Waals surface area contributed by atoms with Gasteiger partial charge < -0.3 is 4.42 Å². The summed E-state index contributed by atoms with van der Waals surface area (Å²) in [7, 11) is 0. The molecule has 1 aromatic heterocycles. The average Bonchev–Trinajstić information content (AvgIpc) is 2.60. The lowest BCUT2D eigenvalue weighted by molar-refractivity contribution is 0.583. The molecule has 0 radical (unpaired) electrons. The molecule has 0 unspecified atom stereocenters. The fraction of sp³-hybridized carbons (Fsp3) is 0. The van der Waals surface area contributed by atoms with Gasteiger partial charge in [-0.2, -0.15) is 0 Å². The van der Waals surface area contributed by atoms with Gasteiger partial charge in [-0.3, -0.25) is 0 Å². The Kier molecular flexibility index (Phi) is 1.95. The lowest BCUT2D eigenvalue weighted by Gasteiger charge is -1.90. The number of benzene rings is 2. The zero-order chi connectivity index (χ0) is 10.4. The molecule has 0 aliphatic heterocycles. The topological polar surface area (TPSA) is 13.1 Å². The van der Waals surface area contributed by atoms with Crippen LogP contribution in [0.3, 0.4) is 0 Å². The molecular weight excluding hydrogens is 306 g/mol. The van der Waals surface area contributed by atoms with E-state index in [1.165, 1.54) is 6.07 Å². The van der Waals surface area contributed by atoms with Gasteiger partial charge in [0.1, 0.15) is 5.58 Å². The number of hydrogen-bond donors (Lipinski definition) is 0. The Morgan fingerprint density at radius 1 is 0.933 bits per heavy atom. The zero-order valence-electron chi connectivity index (χ0n) is 7.63. The Labute approximate surface area is 99.0 Å². The minimum Gasteiger partial charge on any atom is -0.452 e. The molecule has 2 aromatic carbocycles. The fourth-order valence-electron chi connectivity index (χ4n) is 1.75. The first-order valence-electron chi connectivity index (χ1n) is 4.52. The van der Waals surface area contributed by atoms with E-state index in [1.807, 2.05) is 24.3 Å². The predicted octanol–water partition coefficient (Wildman–Crippen LogP) is 4.33. The van der Waals surface area contributed by atoms with E-state index in [2.05, 4.69) is 22.6 Å². The van der Waals surface area contributed by atoms with Crippen molar-refractivity contribution in [3.8, 4) is 0 Å². The minimum absolute atomic E-state index is 0.306. The van der Waals surface area contributed by atoms with Crippen LogP contribution in [0.15, 0.2) is 40.8 Å². The quantitative estimate of drug-likeness (QED) is 0.563. The van der Waals surface area contributed by atoms with Crippen molar-refractivity contribution >= 4 is 44.5 Å². The van der Waals surface area contributed by atoms with E-state index in [0.29, 0.717) is 5.58 Å². The largest absolute Gasteiger partial charge is 0.452 e. The maximum Gasteiger partial charge on any atom is 0.171 e. The van der Waals surface area contributed by atoms with E-state index in [4.69, 9.17) is 4.42 Å². The molecule has 1 nitrogen and oxygen atoms in total. The third-order valence-corrected chi connectivity index (χ3v) is 3.28. The van der Waals surface area contributed by atoms with Crippen molar-refractivity contribution in [2.24, 2.45) is 0 Å². The van der Waals surface area contributed by atoms with Gasteiger partial charge in [0.25, 0.3) is 0 Å². The molecule has 15 heavy (non-hydrogen) atoms. The SMILES string of the molecule is Fc1cccc2c1oc1c(I)cccc12. The van der Waals surface area contributed by atoms with E-state index in [9.17, 15) is 4.39 Å². The van der Waals surface area contributed by atoms with Crippen LogP contribution in [0.4, 0.5) is 4.39 Å². The van der Waals surface area contributed by atoms with Gasteiger partial charge in [0, 0.05) is 10.8 Å². The van der Waals surface area contributed by atoms with Crippen LogP contribution < -0.4 is 0 Å². The van der Waals surface area contributed by atoms with Gasteiger partial charge >= 0.3 is 0 Å². The Morgan fingerprint density at radius 2 is 1.60 bits per heavy atom. The molecule has 3 rings (SSSR count). The van der Waals surface area contributed by atoms with Crippen LogP contribution >= 0.6 is 22.6 Å². The highest BCUT2D eigenvalue weighted by Gasteiger charge is 2.11. The molecule has 0 aliphatic rings. The molecule has 0 saturated heterocycles. The van der Waals surface area contributed by atoms with Crippen LogP contribution in [0.25, 0.3) is 21.9 Å². The van der Waals surface area contributed by atoms with Gasteiger partial charge in [0.15, 0.2) is 11.4 Å². The number of para-hydroxylation sites is 2. The van der Waals surface area contributed by atoms with Gasteiger partial charge in [-0.1, -0.05) is 24.3 Å². The first-order chi connectivity index (χ1) is 7.27. The summed E-state index contributed by atoms with van der Waals surface area (Å²) < 4.78 is 20.0. The van der Waals surface area contributed by atoms with E-state index in [-0.39, 0.29) is 5.82 Å². The molecule has 74 valence electrons. The van der Waals surface area contributed by atoms with E-state index < -0.39 is 0 Å². The third kappa shape index (κ3) is 1.26. The fourth-order valence-corrected chi connectivity index (χ4v) is 2.36. The second-order valence-corrected chi connectivity index (χ2v) is 4.50. The van der Waals surface area contributed by atoms with Gasteiger partial charge in [0.2, 0.25) is 0 Å². The molecule has 0 amide bonds. The Hall–Kier alpha value is -1.10. The minimum atomic E-state index is -0.306. The summed E-state index contributed by atoms with van der Waals surface area (Å²) in [6, 6.07) is 10.8. The maximum atomic E-state index is 13.5. The first-order valence-corrected chi connectivity index (χ1v) is 5.60. The third-order valence-electron chi connectivity index (χ3n) is 2.43. The summed E-state index contributed by atoms with van der Waals surface area (Å²) in [4.78, 5) is 0. The van der Waals surface area contributed by atoms with Crippen molar-refractivity contribution in [3.05, 3.63) is 45.8 Å². The highest BCUT2D eigenvalue weighted by atomic mass is 127. The van der Waals surface area contributed by atoms with Crippen LogP contribution in [0, 0.1) is 9.39 Å². The summed E-state index contributed by atoms with van der Waals surface area (Å²) in [6.07, 6.45) is 0. The highest BCUT2D eigenvalue weighted by Crippen LogP contribution is 2.32. The summed E-state index contributed by atoms with van der Waals surface area (Å²) in [5.41, 5.74) is 1.11. The number of rotatable bonds is 0. The molecule has 0 fully saturated rings. The van der Waals surface area contributed by atoms with Gasteiger partial charge in [-0.05, 0) is 34.7 Å². The van der Waals surface area contributed by atoms with Crippen LogP contribution in [0.5, 0.6) is 0 Å². The summed E-state index contributed by atoms with van der Waals surface area (Å²) in [6.45, 7) is 0. The highest BCUT2D eigenvalue weighted by molar-refractivity contribution is 14.1. The molecule has 1 heterocycles. The van der Waals surface area contributed by atoms with E-state index in [1.54, 1.807) is 6.07 Å². The van der Waals surface area contributed by atoms with Crippen molar-refractivity contribution in [3.63, 3.8) is 0 Å². The van der Waals surface area contributed by atoms with Crippen molar-refractivity contribution in [1.82, 2.24) is 0 Å². The van der Waals surface area contributed by atoms with Crippen LogP contribution in [0.1, 0.15) is 0 Å². The second-order valence-electron chi connectivity index (χ2n) is 3.34. The van der Waals surface area contributed by atoms with Crippen molar-refractivity contribution in [2.45, 2.75) is 0 Å². The molecular formula is C12H6FIO. The predicted molar refractivity (Wildman–Crippen MR) is 66.4 cm³/mol. The van der Waals surface area contributed by atoms with Crippen LogP contribution in [-0.4, -0.2) is 0 Å². The molecule has 0 N–H and O–H groups in total. The van der Waals surface area contributed by atoms with Gasteiger partial charge in [-0.25, -0.2) is 4.39 Å². The monoisotopic (exact) mass is 312 g/mol. The first kappa shape index (κ1) is 9.15. The molecule has 0 atom stereocenters. The Bertz CT molecular complexity index is 601. The lowest BCUT2D eigenvalue weighted by atomic mass is 10.1.